The zero-order valence-electron chi connectivity index (χ0n) is 16.0. The van der Waals surface area contributed by atoms with Gasteiger partial charge in [-0.15, -0.1) is 0 Å². The third kappa shape index (κ3) is 3.54. The van der Waals surface area contributed by atoms with E-state index in [2.05, 4.69) is 10.6 Å². The molecule has 1 atom stereocenters. The van der Waals surface area contributed by atoms with Gasteiger partial charge in [0.25, 0.3) is 0 Å². The van der Waals surface area contributed by atoms with Crippen molar-refractivity contribution in [3.63, 3.8) is 0 Å². The molecule has 2 amide bonds. The van der Waals surface area contributed by atoms with Crippen molar-refractivity contribution >= 4 is 28.5 Å². The van der Waals surface area contributed by atoms with Gasteiger partial charge in [-0.3, -0.25) is 18.7 Å². The van der Waals surface area contributed by atoms with Gasteiger partial charge in [0.1, 0.15) is 12.7 Å². The number of hydrogen-bond acceptors (Lipinski definition) is 5. The van der Waals surface area contributed by atoms with E-state index in [1.807, 2.05) is 12.1 Å². The number of aryl methyl sites for hydroxylation is 2. The number of rotatable bonds is 3. The van der Waals surface area contributed by atoms with Gasteiger partial charge in [0.05, 0.1) is 17.6 Å². The molecule has 0 bridgehead atoms. The quantitative estimate of drug-likeness (QED) is 0.637. The first-order valence-corrected chi connectivity index (χ1v) is 9.07. The van der Waals surface area contributed by atoms with E-state index in [0.29, 0.717) is 22.7 Å². The fourth-order valence-electron chi connectivity index (χ4n) is 3.22. The summed E-state index contributed by atoms with van der Waals surface area (Å²) in [5, 5.41) is 5.10. The number of ether oxygens (including phenoxy) is 2. The van der Waals surface area contributed by atoms with E-state index < -0.39 is 17.9 Å². The van der Waals surface area contributed by atoms with Crippen LogP contribution < -0.4 is 25.8 Å². The Morgan fingerprint density at radius 1 is 1.03 bits per heavy atom. The molecule has 1 aliphatic rings. The molecule has 29 heavy (non-hydrogen) atoms. The molecule has 0 fully saturated rings. The second-order valence-corrected chi connectivity index (χ2v) is 6.77. The number of aromatic nitrogens is 2. The molecule has 0 saturated carbocycles. The van der Waals surface area contributed by atoms with Crippen molar-refractivity contribution in [1.82, 2.24) is 14.5 Å². The molecular formula is C20H20N4O5. The van der Waals surface area contributed by atoms with Crippen LogP contribution in [0.1, 0.15) is 0 Å². The highest BCUT2D eigenvalue weighted by atomic mass is 16.6. The molecule has 3 aromatic rings. The van der Waals surface area contributed by atoms with Gasteiger partial charge < -0.3 is 20.1 Å². The summed E-state index contributed by atoms with van der Waals surface area (Å²) in [5.41, 5.74) is 1.64. The third-order valence-corrected chi connectivity index (χ3v) is 4.79. The minimum absolute atomic E-state index is 0.132. The van der Waals surface area contributed by atoms with Crippen LogP contribution in [0.2, 0.25) is 0 Å². The Labute approximate surface area is 165 Å². The van der Waals surface area contributed by atoms with Gasteiger partial charge in [-0.2, -0.15) is 0 Å². The maximum Gasteiger partial charge on any atom is 0.328 e. The first kappa shape index (κ1) is 18.6. The van der Waals surface area contributed by atoms with Crippen molar-refractivity contribution in [3.8, 4) is 11.5 Å². The normalized spacial score (nSPS) is 15.2. The average Bonchev–Trinajstić information content (AvgIpc) is 2.95. The van der Waals surface area contributed by atoms with E-state index in [1.165, 1.54) is 9.13 Å². The van der Waals surface area contributed by atoms with E-state index >= 15 is 0 Å². The van der Waals surface area contributed by atoms with Gasteiger partial charge in [0, 0.05) is 19.8 Å². The number of carbonyl (C=O) groups is 2. The molecule has 0 unspecified atom stereocenters. The molecule has 1 aromatic heterocycles. The monoisotopic (exact) mass is 396 g/mol. The number of carbonyl (C=O) groups excluding carboxylic acids is 2. The zero-order chi connectivity index (χ0) is 20.5. The van der Waals surface area contributed by atoms with Crippen LogP contribution >= 0.6 is 0 Å². The Bertz CT molecular complexity index is 1160. The van der Waals surface area contributed by atoms with Crippen molar-refractivity contribution in [3.05, 3.63) is 52.9 Å². The largest absolute Gasteiger partial charge is 0.486 e. The standard InChI is InChI=1S/C20H20N4O5/c1-23-14-8-7-12(9-15(14)24(2)20(23)27)22-19(26)18(25)21-10-13-11-28-16-5-3-4-6-17(16)29-13/h3-9,13H,10-11H2,1-2H3,(H,21,25)(H,22,26)/t13-/m1/s1. The van der Waals surface area contributed by atoms with Gasteiger partial charge >= 0.3 is 17.5 Å². The lowest BCUT2D eigenvalue weighted by molar-refractivity contribution is -0.136. The van der Waals surface area contributed by atoms with Crippen molar-refractivity contribution in [2.75, 3.05) is 18.5 Å². The third-order valence-electron chi connectivity index (χ3n) is 4.79. The highest BCUT2D eigenvalue weighted by Crippen LogP contribution is 2.30. The van der Waals surface area contributed by atoms with E-state index in [-0.39, 0.29) is 18.8 Å². The lowest BCUT2D eigenvalue weighted by atomic mass is 10.2. The Kier molecular flexibility index (Phi) is 4.71. The first-order valence-electron chi connectivity index (χ1n) is 9.07. The molecule has 0 saturated heterocycles. The number of nitrogens with one attached hydrogen (secondary N) is 2. The lowest BCUT2D eigenvalue weighted by Crippen LogP contribution is -2.44. The van der Waals surface area contributed by atoms with Crippen LogP contribution in [0, 0.1) is 0 Å². The molecule has 2 aromatic carbocycles. The van der Waals surface area contributed by atoms with Gasteiger partial charge in [0.2, 0.25) is 0 Å². The zero-order valence-corrected chi connectivity index (χ0v) is 16.0. The summed E-state index contributed by atoms with van der Waals surface area (Å²) in [6.45, 7) is 0.407. The topological polar surface area (TPSA) is 104 Å². The fourth-order valence-corrected chi connectivity index (χ4v) is 3.22. The Hall–Kier alpha value is -3.75. The fraction of sp³-hybridized carbons (Fsp3) is 0.250. The number of anilines is 1. The number of benzene rings is 2. The molecular weight excluding hydrogens is 376 g/mol. The summed E-state index contributed by atoms with van der Waals surface area (Å²) in [4.78, 5) is 36.3. The average molecular weight is 396 g/mol. The number of imidazole rings is 1. The Morgan fingerprint density at radius 2 is 1.76 bits per heavy atom. The van der Waals surface area contributed by atoms with Crippen LogP contribution in [0.3, 0.4) is 0 Å². The predicted molar refractivity (Wildman–Crippen MR) is 106 cm³/mol. The number of para-hydroxylation sites is 2. The predicted octanol–water partition coefficient (Wildman–Crippen LogP) is 0.772. The van der Waals surface area contributed by atoms with Crippen LogP contribution in [-0.4, -0.2) is 40.2 Å². The smallest absolute Gasteiger partial charge is 0.328 e. The maximum absolute atomic E-state index is 12.2. The van der Waals surface area contributed by atoms with E-state index in [0.717, 1.165) is 5.52 Å². The maximum atomic E-state index is 12.2. The molecule has 4 rings (SSSR count). The lowest BCUT2D eigenvalue weighted by Gasteiger charge is -2.26. The van der Waals surface area contributed by atoms with Crippen molar-refractivity contribution in [2.24, 2.45) is 14.1 Å². The minimum atomic E-state index is -0.803. The molecule has 150 valence electrons. The van der Waals surface area contributed by atoms with E-state index in [1.54, 1.807) is 44.4 Å². The van der Waals surface area contributed by atoms with Crippen LogP contribution in [0.4, 0.5) is 5.69 Å². The Morgan fingerprint density at radius 3 is 2.55 bits per heavy atom. The van der Waals surface area contributed by atoms with Crippen molar-refractivity contribution in [2.45, 2.75) is 6.10 Å². The SMILES string of the molecule is Cn1c(=O)n(C)c2cc(NC(=O)C(=O)NC[C@@H]3COc4ccccc4O3)ccc21. The number of nitrogens with zero attached hydrogens (tertiary/aromatic N) is 2. The van der Waals surface area contributed by atoms with Crippen LogP contribution in [-0.2, 0) is 23.7 Å². The molecule has 0 spiro atoms. The number of fused-ring (bicyclic) bond motifs is 2. The molecule has 0 radical (unpaired) electrons. The summed E-state index contributed by atoms with van der Waals surface area (Å²) in [6, 6.07) is 12.3. The van der Waals surface area contributed by atoms with Gasteiger partial charge in [0.15, 0.2) is 11.5 Å². The van der Waals surface area contributed by atoms with Gasteiger partial charge in [-0.05, 0) is 30.3 Å². The summed E-state index contributed by atoms with van der Waals surface area (Å²) in [7, 11) is 3.32. The van der Waals surface area contributed by atoms with E-state index in [4.69, 9.17) is 9.47 Å². The van der Waals surface area contributed by atoms with Crippen LogP contribution in [0.5, 0.6) is 11.5 Å². The van der Waals surface area contributed by atoms with Crippen LogP contribution in [0.25, 0.3) is 11.0 Å². The molecule has 2 N–H and O–H groups in total. The molecule has 1 aliphatic heterocycles. The minimum Gasteiger partial charge on any atom is -0.486 e. The highest BCUT2D eigenvalue weighted by molar-refractivity contribution is 6.39. The second kappa shape index (κ2) is 7.34. The number of hydrogen-bond donors (Lipinski definition) is 2. The van der Waals surface area contributed by atoms with Crippen molar-refractivity contribution in [1.29, 1.82) is 0 Å². The second-order valence-electron chi connectivity index (χ2n) is 6.77. The van der Waals surface area contributed by atoms with Gasteiger partial charge in [-0.25, -0.2) is 4.79 Å². The summed E-state index contributed by atoms with van der Waals surface area (Å²) in [5.74, 6) is -0.334. The van der Waals surface area contributed by atoms with Gasteiger partial charge in [-0.1, -0.05) is 12.1 Å². The van der Waals surface area contributed by atoms with Crippen molar-refractivity contribution < 1.29 is 19.1 Å². The molecule has 2 heterocycles. The molecule has 0 aliphatic carbocycles. The highest BCUT2D eigenvalue weighted by Gasteiger charge is 2.23. The summed E-state index contributed by atoms with van der Waals surface area (Å²) >= 11 is 0. The van der Waals surface area contributed by atoms with E-state index in [9.17, 15) is 14.4 Å². The molecule has 9 nitrogen and oxygen atoms in total. The summed E-state index contributed by atoms with van der Waals surface area (Å²) < 4.78 is 14.3. The number of amides is 2. The molecule has 9 heteroatoms. The summed E-state index contributed by atoms with van der Waals surface area (Å²) in [6.07, 6.45) is -0.392. The Balaban J connectivity index is 1.36. The van der Waals surface area contributed by atoms with Crippen LogP contribution in [0.15, 0.2) is 47.3 Å². The first-order chi connectivity index (χ1) is 13.9.